The molecule has 37 heavy (non-hydrogen) atoms. The molecule has 3 aromatic rings. The predicted molar refractivity (Wildman–Crippen MR) is 141 cm³/mol. The van der Waals surface area contributed by atoms with Crippen LogP contribution in [0.4, 0.5) is 4.79 Å². The zero-order valence-electron chi connectivity index (χ0n) is 20.6. The number of fused-ring (bicyclic) bond motifs is 5. The molecule has 4 aliphatic rings. The largest absolute Gasteiger partial charge is 0.448 e. The topological polar surface area (TPSA) is 62.6 Å². The average Bonchev–Trinajstić information content (AvgIpc) is 3.68. The van der Waals surface area contributed by atoms with Crippen molar-refractivity contribution in [2.45, 2.75) is 42.7 Å². The molecule has 1 saturated heterocycles. The molecule has 2 aliphatic heterocycles. The van der Waals surface area contributed by atoms with Crippen molar-refractivity contribution in [2.75, 3.05) is 19.8 Å². The number of ether oxygens (including phenoxy) is 2. The normalized spacial score (nSPS) is 22.9. The second-order valence-electron chi connectivity index (χ2n) is 10.6. The van der Waals surface area contributed by atoms with E-state index in [0.717, 1.165) is 24.0 Å². The van der Waals surface area contributed by atoms with Gasteiger partial charge in [-0.2, -0.15) is 5.26 Å². The smallest absolute Gasteiger partial charge is 0.410 e. The highest BCUT2D eigenvalue weighted by Gasteiger charge is 2.45. The predicted octanol–water partition coefficient (Wildman–Crippen LogP) is 6.05. The molecule has 1 saturated carbocycles. The number of nitriles is 1. The Morgan fingerprint density at radius 2 is 1.73 bits per heavy atom. The lowest BCUT2D eigenvalue weighted by atomic mass is 9.87. The van der Waals surface area contributed by atoms with Gasteiger partial charge in [-0.25, -0.2) is 4.79 Å². The Labute approximate surface area is 216 Å². The molecule has 3 aromatic carbocycles. The van der Waals surface area contributed by atoms with Gasteiger partial charge in [0.05, 0.1) is 36.8 Å². The van der Waals surface area contributed by atoms with E-state index >= 15 is 0 Å². The molecule has 2 atom stereocenters. The third-order valence-corrected chi connectivity index (χ3v) is 8.50. The highest BCUT2D eigenvalue weighted by Crippen LogP contribution is 2.48. The Hall–Kier alpha value is -3.88. The van der Waals surface area contributed by atoms with Crippen LogP contribution in [0.25, 0.3) is 16.7 Å². The van der Waals surface area contributed by atoms with Crippen molar-refractivity contribution in [3.8, 4) is 17.2 Å². The van der Waals surface area contributed by atoms with Crippen LogP contribution in [0.15, 0.2) is 78.9 Å². The summed E-state index contributed by atoms with van der Waals surface area (Å²) in [4.78, 5) is 15.3. The third-order valence-electron chi connectivity index (χ3n) is 8.50. The van der Waals surface area contributed by atoms with Gasteiger partial charge in [-0.1, -0.05) is 72.8 Å². The van der Waals surface area contributed by atoms with E-state index in [1.54, 1.807) is 0 Å². The van der Waals surface area contributed by atoms with E-state index in [4.69, 9.17) is 9.47 Å². The first-order chi connectivity index (χ1) is 18.2. The van der Waals surface area contributed by atoms with Crippen molar-refractivity contribution in [3.05, 3.63) is 101 Å². The number of carbonyl (C=O) groups excluding carboxylic acids is 1. The minimum Gasteiger partial charge on any atom is -0.448 e. The summed E-state index contributed by atoms with van der Waals surface area (Å²) in [5.74, 6) is 0.0425. The summed E-state index contributed by atoms with van der Waals surface area (Å²) < 4.78 is 11.8. The second kappa shape index (κ2) is 8.61. The lowest BCUT2D eigenvalue weighted by Gasteiger charge is -2.44. The van der Waals surface area contributed by atoms with E-state index in [1.807, 2.05) is 11.0 Å². The molecule has 5 nitrogen and oxygen atoms in total. The molecule has 2 aliphatic carbocycles. The van der Waals surface area contributed by atoms with Crippen molar-refractivity contribution in [1.29, 1.82) is 5.26 Å². The minimum absolute atomic E-state index is 0.0425. The third kappa shape index (κ3) is 3.67. The number of benzene rings is 3. The summed E-state index contributed by atoms with van der Waals surface area (Å²) in [5.41, 5.74) is 8.03. The fraction of sp³-hybridized carbons (Fsp3) is 0.312. The lowest BCUT2D eigenvalue weighted by Crippen LogP contribution is -2.56. The maximum absolute atomic E-state index is 13.5. The van der Waals surface area contributed by atoms with Gasteiger partial charge in [-0.3, -0.25) is 4.90 Å². The second-order valence-corrected chi connectivity index (χ2v) is 10.6. The van der Waals surface area contributed by atoms with Crippen LogP contribution in [0.3, 0.4) is 0 Å². The summed E-state index contributed by atoms with van der Waals surface area (Å²) in [7, 11) is 0. The summed E-state index contributed by atoms with van der Waals surface area (Å²) in [6.45, 7) is 1.28. The van der Waals surface area contributed by atoms with Crippen molar-refractivity contribution in [1.82, 2.24) is 4.90 Å². The van der Waals surface area contributed by atoms with Gasteiger partial charge in [0, 0.05) is 5.92 Å². The van der Waals surface area contributed by atoms with Gasteiger partial charge >= 0.3 is 6.09 Å². The Kier molecular flexibility index (Phi) is 5.19. The van der Waals surface area contributed by atoms with Crippen LogP contribution < -0.4 is 0 Å². The Morgan fingerprint density at radius 3 is 2.41 bits per heavy atom. The van der Waals surface area contributed by atoms with Gasteiger partial charge in [0.1, 0.15) is 6.61 Å². The fourth-order valence-corrected chi connectivity index (χ4v) is 6.37. The van der Waals surface area contributed by atoms with Crippen LogP contribution in [0.2, 0.25) is 0 Å². The quantitative estimate of drug-likeness (QED) is 0.449. The molecular formula is C32H28N2O3. The first-order valence-corrected chi connectivity index (χ1v) is 13.1. The zero-order chi connectivity index (χ0) is 25.0. The SMILES string of the molecule is N#CC1(c2cccc(C3=CC4COCC(C3)N4C(=O)OCC3c4ccccc4-c4ccccc43)c2)CC1. The highest BCUT2D eigenvalue weighted by molar-refractivity contribution is 5.79. The summed E-state index contributed by atoms with van der Waals surface area (Å²) >= 11 is 0. The highest BCUT2D eigenvalue weighted by atomic mass is 16.6. The first kappa shape index (κ1) is 22.3. The molecule has 0 N–H and O–H groups in total. The molecular weight excluding hydrogens is 460 g/mol. The Balaban J connectivity index is 1.11. The maximum Gasteiger partial charge on any atom is 0.410 e. The van der Waals surface area contributed by atoms with Gasteiger partial charge in [0.15, 0.2) is 0 Å². The summed E-state index contributed by atoms with van der Waals surface area (Å²) in [6, 6.07) is 27.5. The van der Waals surface area contributed by atoms with Gasteiger partial charge in [0.25, 0.3) is 0 Å². The molecule has 2 bridgehead atoms. The maximum atomic E-state index is 13.5. The van der Waals surface area contributed by atoms with E-state index in [9.17, 15) is 10.1 Å². The average molecular weight is 489 g/mol. The van der Waals surface area contributed by atoms with Gasteiger partial charge < -0.3 is 9.47 Å². The van der Waals surface area contributed by atoms with Crippen LogP contribution >= 0.6 is 0 Å². The number of hydrogen-bond acceptors (Lipinski definition) is 4. The lowest BCUT2D eigenvalue weighted by molar-refractivity contribution is -0.0331. The molecule has 2 unspecified atom stereocenters. The number of carbonyl (C=O) groups is 1. The van der Waals surface area contributed by atoms with E-state index < -0.39 is 0 Å². The zero-order valence-corrected chi connectivity index (χ0v) is 20.6. The molecule has 0 aromatic heterocycles. The monoisotopic (exact) mass is 488 g/mol. The van der Waals surface area contributed by atoms with E-state index in [0.29, 0.717) is 26.2 Å². The standard InChI is InChI=1S/C32H28N2O3/c33-20-32(12-13-32)23-7-5-6-21(14-23)22-15-24-17-36-18-25(16-22)34(24)31(35)37-19-30-28-10-3-1-8-26(28)27-9-2-4-11-29(27)30/h1-11,14-15,24-25,30H,12-13,16-19H2. The molecule has 2 fully saturated rings. The minimum atomic E-state index is -0.308. The van der Waals surface area contributed by atoms with Crippen molar-refractivity contribution in [2.24, 2.45) is 0 Å². The number of morpholine rings is 1. The number of rotatable bonds is 4. The van der Waals surface area contributed by atoms with Crippen LogP contribution in [0.1, 0.15) is 47.4 Å². The number of hydrogen-bond donors (Lipinski definition) is 0. The van der Waals surface area contributed by atoms with Gasteiger partial charge in [-0.15, -0.1) is 0 Å². The van der Waals surface area contributed by atoms with Crippen molar-refractivity contribution in [3.63, 3.8) is 0 Å². The summed E-state index contributed by atoms with van der Waals surface area (Å²) in [5, 5.41) is 9.64. The molecule has 0 spiro atoms. The van der Waals surface area contributed by atoms with Crippen molar-refractivity contribution < 1.29 is 14.3 Å². The van der Waals surface area contributed by atoms with E-state index in [-0.39, 0.29) is 29.5 Å². The molecule has 5 heteroatoms. The van der Waals surface area contributed by atoms with Crippen LogP contribution in [0.5, 0.6) is 0 Å². The van der Waals surface area contributed by atoms with E-state index in [1.165, 1.54) is 27.8 Å². The Bertz CT molecular complexity index is 1420. The van der Waals surface area contributed by atoms with Gasteiger partial charge in [0.2, 0.25) is 0 Å². The first-order valence-electron chi connectivity index (χ1n) is 13.1. The number of nitrogens with zero attached hydrogens (tertiary/aromatic N) is 2. The fourth-order valence-electron chi connectivity index (χ4n) is 6.37. The van der Waals surface area contributed by atoms with Crippen molar-refractivity contribution >= 4 is 11.7 Å². The van der Waals surface area contributed by atoms with E-state index in [2.05, 4.69) is 78.9 Å². The molecule has 0 radical (unpaired) electrons. The molecule has 184 valence electrons. The van der Waals surface area contributed by atoms with Crippen LogP contribution in [0, 0.1) is 11.3 Å². The molecule has 7 rings (SSSR count). The Morgan fingerprint density at radius 1 is 1.00 bits per heavy atom. The van der Waals surface area contributed by atoms with Gasteiger partial charge in [-0.05, 0) is 64.3 Å². The molecule has 2 heterocycles. The molecule has 1 amide bonds. The van der Waals surface area contributed by atoms with Crippen LogP contribution in [-0.2, 0) is 14.9 Å². The van der Waals surface area contributed by atoms with Crippen LogP contribution in [-0.4, -0.2) is 42.9 Å². The number of amides is 1. The summed E-state index contributed by atoms with van der Waals surface area (Å²) in [6.07, 6.45) is 4.46.